The van der Waals surface area contributed by atoms with Crippen LogP contribution in [0.3, 0.4) is 0 Å². The zero-order valence-electron chi connectivity index (χ0n) is 6.53. The van der Waals surface area contributed by atoms with Gasteiger partial charge in [-0.2, -0.15) is 0 Å². The van der Waals surface area contributed by atoms with Gasteiger partial charge < -0.3 is 0 Å². The lowest BCUT2D eigenvalue weighted by molar-refractivity contribution is 0.101. The van der Waals surface area contributed by atoms with Crippen molar-refractivity contribution >= 4 is 23.3 Å². The van der Waals surface area contributed by atoms with Crippen molar-refractivity contribution in [1.82, 2.24) is 0 Å². The summed E-state index contributed by atoms with van der Waals surface area (Å²) in [5.41, 5.74) is 0.934. The molecule has 1 aromatic rings. The number of aryl methyl sites for hydroxylation is 1. The number of rotatable bonds is 2. The van der Waals surface area contributed by atoms with Gasteiger partial charge in [-0.25, -0.2) is 4.79 Å². The fourth-order valence-electron chi connectivity index (χ4n) is 0.894. The Morgan fingerprint density at radius 3 is 3.08 bits per heavy atom. The molecular formula is C8H7NO2S. The smallest absolute Gasteiger partial charge is 0.265 e. The average molecular weight is 181 g/mol. The van der Waals surface area contributed by atoms with Crippen LogP contribution < -0.4 is 0 Å². The van der Waals surface area contributed by atoms with Gasteiger partial charge in [-0.05, 0) is 23.4 Å². The predicted molar refractivity (Wildman–Crippen MR) is 46.1 cm³/mol. The first kappa shape index (κ1) is 8.84. The van der Waals surface area contributed by atoms with Crippen LogP contribution in [0.15, 0.2) is 16.4 Å². The summed E-state index contributed by atoms with van der Waals surface area (Å²) in [5.74, 6) is -0.489. The first-order chi connectivity index (χ1) is 5.79. The van der Waals surface area contributed by atoms with Crippen LogP contribution in [-0.4, -0.2) is 12.0 Å². The summed E-state index contributed by atoms with van der Waals surface area (Å²) in [6.45, 7) is 1.95. The third kappa shape index (κ3) is 1.67. The lowest BCUT2D eigenvalue weighted by Gasteiger charge is -1.91. The monoisotopic (exact) mass is 181 g/mol. The van der Waals surface area contributed by atoms with E-state index in [0.29, 0.717) is 4.88 Å². The van der Waals surface area contributed by atoms with Crippen LogP contribution >= 0.6 is 11.3 Å². The average Bonchev–Trinajstić information content (AvgIpc) is 2.51. The first-order valence-electron chi connectivity index (χ1n) is 3.48. The Bertz CT molecular complexity index is 337. The highest BCUT2D eigenvalue weighted by Crippen LogP contribution is 2.17. The fourth-order valence-corrected chi connectivity index (χ4v) is 1.77. The highest BCUT2D eigenvalue weighted by Gasteiger charge is 2.09. The van der Waals surface area contributed by atoms with Gasteiger partial charge in [0.2, 0.25) is 6.08 Å². The Balaban J connectivity index is 3.01. The summed E-state index contributed by atoms with van der Waals surface area (Å²) in [6.07, 6.45) is 2.02. The van der Waals surface area contributed by atoms with E-state index in [1.165, 1.54) is 17.4 Å². The van der Waals surface area contributed by atoms with Crippen LogP contribution in [0.1, 0.15) is 22.2 Å². The van der Waals surface area contributed by atoms with Gasteiger partial charge in [0.05, 0.1) is 4.88 Å². The Labute approximate surface area is 73.7 Å². The molecule has 0 spiro atoms. The maximum atomic E-state index is 11.1. The van der Waals surface area contributed by atoms with E-state index >= 15 is 0 Å². The lowest BCUT2D eigenvalue weighted by atomic mass is 10.2. The molecule has 0 atom stereocenters. The summed E-state index contributed by atoms with van der Waals surface area (Å²) >= 11 is 1.30. The number of hydrogen-bond acceptors (Lipinski definition) is 3. The molecule has 0 unspecified atom stereocenters. The van der Waals surface area contributed by atoms with Crippen LogP contribution in [0, 0.1) is 0 Å². The minimum absolute atomic E-state index is 0.489. The van der Waals surface area contributed by atoms with Crippen molar-refractivity contribution in [2.45, 2.75) is 13.3 Å². The maximum absolute atomic E-state index is 11.1. The Kier molecular flexibility index (Phi) is 2.91. The number of nitrogens with zero attached hydrogens (tertiary/aromatic N) is 1. The van der Waals surface area contributed by atoms with E-state index < -0.39 is 5.91 Å². The molecule has 0 fully saturated rings. The summed E-state index contributed by atoms with van der Waals surface area (Å²) in [7, 11) is 0. The van der Waals surface area contributed by atoms with Gasteiger partial charge >= 0.3 is 0 Å². The van der Waals surface area contributed by atoms with Gasteiger partial charge in [-0.3, -0.25) is 4.79 Å². The third-order valence-corrected chi connectivity index (χ3v) is 2.41. The minimum Gasteiger partial charge on any atom is -0.265 e. The Morgan fingerprint density at radius 2 is 2.50 bits per heavy atom. The number of thiophene rings is 1. The molecule has 0 saturated carbocycles. The van der Waals surface area contributed by atoms with Crippen LogP contribution in [-0.2, 0) is 11.2 Å². The molecule has 0 aliphatic rings. The van der Waals surface area contributed by atoms with Crippen molar-refractivity contribution in [2.75, 3.05) is 0 Å². The summed E-state index contributed by atoms with van der Waals surface area (Å²) in [4.78, 5) is 24.5. The molecule has 4 heteroatoms. The van der Waals surface area contributed by atoms with Crippen molar-refractivity contribution in [1.29, 1.82) is 0 Å². The number of carbonyl (C=O) groups excluding carboxylic acids is 2. The van der Waals surface area contributed by atoms with E-state index in [4.69, 9.17) is 0 Å². The predicted octanol–water partition coefficient (Wildman–Crippen LogP) is 1.79. The van der Waals surface area contributed by atoms with Gasteiger partial charge in [-0.1, -0.05) is 6.92 Å². The topological polar surface area (TPSA) is 46.5 Å². The van der Waals surface area contributed by atoms with E-state index in [-0.39, 0.29) is 0 Å². The molecule has 0 saturated heterocycles. The van der Waals surface area contributed by atoms with Crippen LogP contribution in [0.4, 0.5) is 0 Å². The van der Waals surface area contributed by atoms with E-state index in [9.17, 15) is 9.59 Å². The van der Waals surface area contributed by atoms with Crippen molar-refractivity contribution in [2.24, 2.45) is 4.99 Å². The number of amides is 1. The number of aliphatic imine (C=N–C) groups is 1. The zero-order chi connectivity index (χ0) is 8.97. The second-order valence-corrected chi connectivity index (χ2v) is 3.05. The number of hydrogen-bond donors (Lipinski definition) is 0. The molecule has 1 aromatic heterocycles. The van der Waals surface area contributed by atoms with Gasteiger partial charge in [0, 0.05) is 0 Å². The largest absolute Gasteiger partial charge is 0.298 e. The van der Waals surface area contributed by atoms with E-state index in [1.807, 2.05) is 18.4 Å². The van der Waals surface area contributed by atoms with Crippen molar-refractivity contribution in [3.8, 4) is 0 Å². The highest BCUT2D eigenvalue weighted by atomic mass is 32.1. The lowest BCUT2D eigenvalue weighted by Crippen LogP contribution is -1.94. The normalized spacial score (nSPS) is 9.08. The molecule has 0 bridgehead atoms. The highest BCUT2D eigenvalue weighted by molar-refractivity contribution is 7.12. The molecule has 62 valence electrons. The molecule has 12 heavy (non-hydrogen) atoms. The second kappa shape index (κ2) is 3.95. The molecular weight excluding hydrogens is 174 g/mol. The van der Waals surface area contributed by atoms with Gasteiger partial charge in [0.25, 0.3) is 5.91 Å². The molecule has 0 aliphatic carbocycles. The summed E-state index contributed by atoms with van der Waals surface area (Å²) in [5, 5.41) is 1.81. The van der Waals surface area contributed by atoms with Crippen molar-refractivity contribution < 1.29 is 9.59 Å². The molecule has 0 aliphatic heterocycles. The standard InChI is InChI=1S/C8H7NO2S/c1-2-6-3-4-12-7(6)8(11)9-5-10/h3-4H,2H2,1H3. The second-order valence-electron chi connectivity index (χ2n) is 2.14. The quantitative estimate of drug-likeness (QED) is 0.515. The minimum atomic E-state index is -0.489. The summed E-state index contributed by atoms with van der Waals surface area (Å²) < 4.78 is 0. The van der Waals surface area contributed by atoms with Gasteiger partial charge in [-0.15, -0.1) is 16.3 Å². The Hall–Kier alpha value is -1.25. The van der Waals surface area contributed by atoms with Crippen molar-refractivity contribution in [3.05, 3.63) is 21.9 Å². The molecule has 3 nitrogen and oxygen atoms in total. The van der Waals surface area contributed by atoms with Crippen LogP contribution in [0.5, 0.6) is 0 Å². The first-order valence-corrected chi connectivity index (χ1v) is 4.36. The molecule has 0 aromatic carbocycles. The zero-order valence-corrected chi connectivity index (χ0v) is 7.35. The summed E-state index contributed by atoms with van der Waals surface area (Å²) in [6, 6.07) is 1.86. The molecule has 1 amide bonds. The van der Waals surface area contributed by atoms with Crippen molar-refractivity contribution in [3.63, 3.8) is 0 Å². The van der Waals surface area contributed by atoms with E-state index in [2.05, 4.69) is 4.99 Å². The van der Waals surface area contributed by atoms with Gasteiger partial charge in [0.15, 0.2) is 0 Å². The molecule has 0 radical (unpaired) electrons. The van der Waals surface area contributed by atoms with Gasteiger partial charge in [0.1, 0.15) is 0 Å². The molecule has 0 N–H and O–H groups in total. The molecule has 1 rings (SSSR count). The molecule has 1 heterocycles. The van der Waals surface area contributed by atoms with Crippen LogP contribution in [0.25, 0.3) is 0 Å². The SMILES string of the molecule is CCc1ccsc1C(=O)N=C=O. The fraction of sp³-hybridized carbons (Fsp3) is 0.250. The number of isocyanates is 1. The van der Waals surface area contributed by atoms with E-state index in [0.717, 1.165) is 12.0 Å². The number of carbonyl (C=O) groups is 1. The maximum Gasteiger partial charge on any atom is 0.298 e. The van der Waals surface area contributed by atoms with E-state index in [1.54, 1.807) is 0 Å². The third-order valence-electron chi connectivity index (χ3n) is 1.47. The Morgan fingerprint density at radius 1 is 1.75 bits per heavy atom. The van der Waals surface area contributed by atoms with Crippen LogP contribution in [0.2, 0.25) is 0 Å².